The fourth-order valence-corrected chi connectivity index (χ4v) is 1.97. The van der Waals surface area contributed by atoms with Crippen LogP contribution >= 0.6 is 0 Å². The molecule has 3 rings (SSSR count). The second kappa shape index (κ2) is 4.60. The van der Waals surface area contributed by atoms with Crippen LogP contribution in [-0.4, -0.2) is 22.9 Å². The highest BCUT2D eigenvalue weighted by molar-refractivity contribution is 5.55. The number of ether oxygens (including phenoxy) is 2. The van der Waals surface area contributed by atoms with Gasteiger partial charge in [0, 0.05) is 37.2 Å². The van der Waals surface area contributed by atoms with Crippen molar-refractivity contribution in [1.82, 2.24) is 9.55 Å². The molecule has 0 bridgehead atoms. The summed E-state index contributed by atoms with van der Waals surface area (Å²) in [5.41, 5.74) is 1.04. The van der Waals surface area contributed by atoms with Crippen molar-refractivity contribution in [3.05, 3.63) is 36.4 Å². The Hall–Kier alpha value is -2.17. The van der Waals surface area contributed by atoms with E-state index < -0.39 is 0 Å². The molecule has 1 aliphatic heterocycles. The Morgan fingerprint density at radius 3 is 3.06 bits per heavy atom. The second-order valence-corrected chi connectivity index (χ2v) is 4.16. The lowest BCUT2D eigenvalue weighted by atomic mass is 10.3. The zero-order chi connectivity index (χ0) is 12.4. The number of fused-ring (bicyclic) bond motifs is 1. The van der Waals surface area contributed by atoms with Gasteiger partial charge in [0.05, 0.1) is 0 Å². The zero-order valence-corrected chi connectivity index (χ0v) is 10.2. The first-order chi connectivity index (χ1) is 8.83. The van der Waals surface area contributed by atoms with Crippen molar-refractivity contribution in [3.8, 4) is 11.5 Å². The van der Waals surface area contributed by atoms with Crippen LogP contribution in [0.15, 0.2) is 30.6 Å². The van der Waals surface area contributed by atoms with E-state index in [-0.39, 0.29) is 0 Å². The van der Waals surface area contributed by atoms with Crippen molar-refractivity contribution in [2.24, 2.45) is 0 Å². The van der Waals surface area contributed by atoms with Crippen molar-refractivity contribution in [2.75, 3.05) is 18.7 Å². The van der Waals surface area contributed by atoms with Gasteiger partial charge in [-0.3, -0.25) is 0 Å². The summed E-state index contributed by atoms with van der Waals surface area (Å²) in [6, 6.07) is 5.88. The van der Waals surface area contributed by atoms with Gasteiger partial charge in [0.1, 0.15) is 5.82 Å². The summed E-state index contributed by atoms with van der Waals surface area (Å²) in [4.78, 5) is 4.19. The Bertz CT molecular complexity index is 551. The lowest BCUT2D eigenvalue weighted by molar-refractivity contribution is 0.174. The summed E-state index contributed by atoms with van der Waals surface area (Å²) < 4.78 is 12.7. The Balaban J connectivity index is 1.59. The van der Waals surface area contributed by atoms with Crippen LogP contribution in [0, 0.1) is 6.92 Å². The molecule has 1 N–H and O–H groups in total. The Morgan fingerprint density at radius 1 is 1.33 bits per heavy atom. The van der Waals surface area contributed by atoms with Gasteiger partial charge in [-0.15, -0.1) is 0 Å². The third kappa shape index (κ3) is 2.11. The smallest absolute Gasteiger partial charge is 0.231 e. The Kier molecular flexibility index (Phi) is 2.80. The maximum Gasteiger partial charge on any atom is 0.231 e. The molecule has 0 atom stereocenters. The molecule has 2 aromatic rings. The van der Waals surface area contributed by atoms with E-state index in [2.05, 4.69) is 14.9 Å². The molecule has 18 heavy (non-hydrogen) atoms. The highest BCUT2D eigenvalue weighted by Crippen LogP contribution is 2.34. The number of benzene rings is 1. The number of hydrogen-bond acceptors (Lipinski definition) is 4. The fraction of sp³-hybridized carbons (Fsp3) is 0.308. The maximum absolute atomic E-state index is 5.33. The van der Waals surface area contributed by atoms with Crippen molar-refractivity contribution in [3.63, 3.8) is 0 Å². The standard InChI is InChI=1S/C13H15N3O2/c1-10-14-4-6-16(10)7-5-15-11-2-3-12-13(8-11)18-9-17-12/h2-4,6,8,15H,5,7,9H2,1H3. The van der Waals surface area contributed by atoms with E-state index in [0.717, 1.165) is 36.1 Å². The first-order valence-corrected chi connectivity index (χ1v) is 5.94. The average molecular weight is 245 g/mol. The lowest BCUT2D eigenvalue weighted by Crippen LogP contribution is -2.10. The molecule has 2 heterocycles. The number of imidazole rings is 1. The topological polar surface area (TPSA) is 48.3 Å². The minimum atomic E-state index is 0.313. The predicted molar refractivity (Wildman–Crippen MR) is 68.0 cm³/mol. The minimum Gasteiger partial charge on any atom is -0.454 e. The van der Waals surface area contributed by atoms with E-state index >= 15 is 0 Å². The van der Waals surface area contributed by atoms with Crippen LogP contribution in [-0.2, 0) is 6.54 Å². The molecule has 0 amide bonds. The van der Waals surface area contributed by atoms with Crippen LogP contribution in [0.2, 0.25) is 0 Å². The van der Waals surface area contributed by atoms with Gasteiger partial charge in [0.25, 0.3) is 0 Å². The van der Waals surface area contributed by atoms with Crippen LogP contribution < -0.4 is 14.8 Å². The van der Waals surface area contributed by atoms with E-state index in [4.69, 9.17) is 9.47 Å². The van der Waals surface area contributed by atoms with Crippen molar-refractivity contribution in [1.29, 1.82) is 0 Å². The van der Waals surface area contributed by atoms with Gasteiger partial charge < -0.3 is 19.4 Å². The molecule has 0 saturated heterocycles. The number of aromatic nitrogens is 2. The molecular weight excluding hydrogens is 230 g/mol. The Labute approximate surface area is 105 Å². The maximum atomic E-state index is 5.33. The van der Waals surface area contributed by atoms with Gasteiger partial charge in [0.15, 0.2) is 11.5 Å². The molecule has 0 saturated carbocycles. The van der Waals surface area contributed by atoms with Crippen molar-refractivity contribution < 1.29 is 9.47 Å². The zero-order valence-electron chi connectivity index (χ0n) is 10.2. The van der Waals surface area contributed by atoms with Gasteiger partial charge in [-0.05, 0) is 19.1 Å². The number of nitrogens with one attached hydrogen (secondary N) is 1. The van der Waals surface area contributed by atoms with Gasteiger partial charge in [-0.1, -0.05) is 0 Å². The normalized spacial score (nSPS) is 12.7. The molecule has 1 aromatic heterocycles. The van der Waals surface area contributed by atoms with Crippen LogP contribution in [0.3, 0.4) is 0 Å². The van der Waals surface area contributed by atoms with Gasteiger partial charge in [-0.25, -0.2) is 4.98 Å². The first-order valence-electron chi connectivity index (χ1n) is 5.94. The summed E-state index contributed by atoms with van der Waals surface area (Å²) >= 11 is 0. The number of anilines is 1. The molecule has 0 spiro atoms. The SMILES string of the molecule is Cc1nccn1CCNc1ccc2c(c1)OCO2. The van der Waals surface area contributed by atoms with Crippen molar-refractivity contribution in [2.45, 2.75) is 13.5 Å². The van der Waals surface area contributed by atoms with E-state index in [1.165, 1.54) is 0 Å². The highest BCUT2D eigenvalue weighted by Gasteiger charge is 2.12. The summed E-state index contributed by atoms with van der Waals surface area (Å²) in [6.45, 7) is 4.05. The van der Waals surface area contributed by atoms with E-state index in [0.29, 0.717) is 6.79 Å². The van der Waals surface area contributed by atoms with Crippen LogP contribution in [0.1, 0.15) is 5.82 Å². The average Bonchev–Trinajstić information content (AvgIpc) is 2.98. The van der Waals surface area contributed by atoms with Crippen LogP contribution in [0.4, 0.5) is 5.69 Å². The van der Waals surface area contributed by atoms with E-state index in [1.807, 2.05) is 37.5 Å². The van der Waals surface area contributed by atoms with E-state index in [1.54, 1.807) is 0 Å². The van der Waals surface area contributed by atoms with Gasteiger partial charge in [-0.2, -0.15) is 0 Å². The number of hydrogen-bond donors (Lipinski definition) is 1. The molecular formula is C13H15N3O2. The molecule has 0 unspecified atom stereocenters. The highest BCUT2D eigenvalue weighted by atomic mass is 16.7. The molecule has 1 aliphatic rings. The Morgan fingerprint density at radius 2 is 2.22 bits per heavy atom. The monoisotopic (exact) mass is 245 g/mol. The lowest BCUT2D eigenvalue weighted by Gasteiger charge is -2.08. The number of nitrogens with zero attached hydrogens (tertiary/aromatic N) is 2. The number of rotatable bonds is 4. The largest absolute Gasteiger partial charge is 0.454 e. The summed E-state index contributed by atoms with van der Waals surface area (Å²) in [7, 11) is 0. The van der Waals surface area contributed by atoms with Crippen molar-refractivity contribution >= 4 is 5.69 Å². The molecule has 5 nitrogen and oxygen atoms in total. The number of aryl methyl sites for hydroxylation is 1. The quantitative estimate of drug-likeness (QED) is 0.895. The summed E-state index contributed by atoms with van der Waals surface area (Å²) in [5, 5.41) is 3.36. The minimum absolute atomic E-state index is 0.313. The molecule has 0 radical (unpaired) electrons. The summed E-state index contributed by atoms with van der Waals surface area (Å²) in [6.07, 6.45) is 3.80. The second-order valence-electron chi connectivity index (χ2n) is 4.16. The molecule has 0 aliphatic carbocycles. The van der Waals surface area contributed by atoms with Crippen LogP contribution in [0.25, 0.3) is 0 Å². The van der Waals surface area contributed by atoms with E-state index in [9.17, 15) is 0 Å². The molecule has 1 aromatic carbocycles. The van der Waals surface area contributed by atoms with Crippen LogP contribution in [0.5, 0.6) is 11.5 Å². The molecule has 94 valence electrons. The van der Waals surface area contributed by atoms with Gasteiger partial charge in [0.2, 0.25) is 6.79 Å². The molecule has 5 heteroatoms. The first kappa shape index (κ1) is 11.0. The third-order valence-electron chi connectivity index (χ3n) is 2.98. The fourth-order valence-electron chi connectivity index (χ4n) is 1.97. The predicted octanol–water partition coefficient (Wildman–Crippen LogP) is 2.03. The summed E-state index contributed by atoms with van der Waals surface area (Å²) in [5.74, 6) is 2.65. The molecule has 0 fully saturated rings. The van der Waals surface area contributed by atoms with Gasteiger partial charge >= 0.3 is 0 Å². The third-order valence-corrected chi connectivity index (χ3v) is 2.98.